The van der Waals surface area contributed by atoms with Gasteiger partial charge in [0.15, 0.2) is 0 Å². The molecule has 190 valence electrons. The Bertz CT molecular complexity index is 1220. The van der Waals surface area contributed by atoms with E-state index >= 15 is 0 Å². The van der Waals surface area contributed by atoms with Gasteiger partial charge in [-0.15, -0.1) is 0 Å². The van der Waals surface area contributed by atoms with Crippen LogP contribution in [0.5, 0.6) is 0 Å². The summed E-state index contributed by atoms with van der Waals surface area (Å²) in [6.07, 6.45) is 6.55. The molecular formula is C28H31Cl2N3O3. The SMILES string of the molecule is CC.O=C(O)c1ccc(N2CC3CC2CC3OCc2c(C3CC3)cnn2-c2c(Cl)cccc2Cl)cc1. The van der Waals surface area contributed by atoms with Crippen LogP contribution in [0, 0.1) is 5.92 Å². The minimum atomic E-state index is -0.897. The fourth-order valence-corrected chi connectivity index (χ4v) is 6.12. The third-order valence-electron chi connectivity index (χ3n) is 7.42. The number of fused-ring (bicyclic) bond motifs is 2. The summed E-state index contributed by atoms with van der Waals surface area (Å²) >= 11 is 13.0. The number of aromatic nitrogens is 2. The van der Waals surface area contributed by atoms with Gasteiger partial charge in [0.05, 0.1) is 40.2 Å². The number of nitrogens with zero attached hydrogens (tertiary/aromatic N) is 3. The summed E-state index contributed by atoms with van der Waals surface area (Å²) in [5.74, 6) is 0.0950. The van der Waals surface area contributed by atoms with Gasteiger partial charge in [0, 0.05) is 24.2 Å². The highest BCUT2D eigenvalue weighted by Gasteiger charge is 2.45. The zero-order valence-electron chi connectivity index (χ0n) is 20.5. The van der Waals surface area contributed by atoms with Crippen molar-refractivity contribution in [3.05, 3.63) is 75.5 Å². The van der Waals surface area contributed by atoms with Crippen LogP contribution in [-0.2, 0) is 11.3 Å². The number of aromatic carboxylic acids is 1. The molecule has 2 bridgehead atoms. The standard InChI is InChI=1S/C26H25Cl2N3O3.C2H6/c27-21-2-1-3-22(28)25(21)31-23(20(12-29-31)15-4-5-15)14-34-24-11-19-10-17(24)13-30(19)18-8-6-16(7-9-18)26(32)33;1-2/h1-3,6-9,12,15,17,19,24H,4-5,10-11,13-14H2,(H,32,33);1-2H3. The van der Waals surface area contributed by atoms with Crippen LogP contribution in [0.1, 0.15) is 67.1 Å². The zero-order chi connectivity index (χ0) is 25.4. The molecule has 0 radical (unpaired) electrons. The number of halogens is 2. The molecule has 2 aliphatic carbocycles. The Kier molecular flexibility index (Phi) is 7.29. The van der Waals surface area contributed by atoms with Crippen molar-refractivity contribution in [1.82, 2.24) is 9.78 Å². The van der Waals surface area contributed by atoms with Crippen LogP contribution in [0.2, 0.25) is 10.0 Å². The minimum Gasteiger partial charge on any atom is -0.478 e. The zero-order valence-corrected chi connectivity index (χ0v) is 22.0. The van der Waals surface area contributed by atoms with Crippen molar-refractivity contribution in [3.8, 4) is 5.69 Å². The predicted molar refractivity (Wildman–Crippen MR) is 143 cm³/mol. The summed E-state index contributed by atoms with van der Waals surface area (Å²) < 4.78 is 8.39. The lowest BCUT2D eigenvalue weighted by Gasteiger charge is -2.33. The summed E-state index contributed by atoms with van der Waals surface area (Å²) in [6.45, 7) is 5.40. The lowest BCUT2D eigenvalue weighted by Crippen LogP contribution is -2.38. The third kappa shape index (κ3) is 4.74. The van der Waals surface area contributed by atoms with Gasteiger partial charge in [-0.3, -0.25) is 0 Å². The first-order chi connectivity index (χ1) is 17.5. The van der Waals surface area contributed by atoms with Crippen molar-refractivity contribution in [3.63, 3.8) is 0 Å². The molecule has 3 aliphatic rings. The highest BCUT2D eigenvalue weighted by Crippen LogP contribution is 2.45. The Hall–Kier alpha value is -2.54. The normalized spacial score (nSPS) is 22.4. The van der Waals surface area contributed by atoms with Crippen LogP contribution < -0.4 is 4.90 Å². The lowest BCUT2D eigenvalue weighted by atomic mass is 10.0. The van der Waals surface area contributed by atoms with Crippen LogP contribution in [0.15, 0.2) is 48.7 Å². The summed E-state index contributed by atoms with van der Waals surface area (Å²) in [5.41, 5.74) is 4.38. The van der Waals surface area contributed by atoms with Gasteiger partial charge in [0.25, 0.3) is 0 Å². The molecule has 0 spiro atoms. The molecule has 1 aliphatic heterocycles. The maximum atomic E-state index is 11.1. The summed E-state index contributed by atoms with van der Waals surface area (Å²) in [4.78, 5) is 13.5. The van der Waals surface area contributed by atoms with E-state index in [9.17, 15) is 4.79 Å². The van der Waals surface area contributed by atoms with E-state index in [1.165, 1.54) is 18.4 Å². The van der Waals surface area contributed by atoms with E-state index in [0.29, 0.717) is 45.8 Å². The van der Waals surface area contributed by atoms with E-state index in [4.69, 9.17) is 33.0 Å². The number of carbonyl (C=O) groups is 1. The molecule has 3 unspecified atom stereocenters. The van der Waals surface area contributed by atoms with Crippen molar-refractivity contribution in [2.24, 2.45) is 5.92 Å². The monoisotopic (exact) mass is 527 g/mol. The van der Waals surface area contributed by atoms with Gasteiger partial charge in [0.1, 0.15) is 5.69 Å². The number of carboxylic acid groups (broad SMARTS) is 1. The van der Waals surface area contributed by atoms with Crippen LogP contribution in [0.4, 0.5) is 5.69 Å². The smallest absolute Gasteiger partial charge is 0.335 e. The Labute approximate surface area is 221 Å². The molecule has 6 nitrogen and oxygen atoms in total. The van der Waals surface area contributed by atoms with Crippen molar-refractivity contribution in [2.45, 2.75) is 64.2 Å². The van der Waals surface area contributed by atoms with Crippen molar-refractivity contribution >= 4 is 34.9 Å². The van der Waals surface area contributed by atoms with E-state index in [2.05, 4.69) is 10.00 Å². The second kappa shape index (κ2) is 10.4. The number of rotatable bonds is 7. The second-order valence-electron chi connectivity index (χ2n) is 9.54. The Morgan fingerprint density at radius 3 is 2.36 bits per heavy atom. The molecule has 1 aromatic heterocycles. The van der Waals surface area contributed by atoms with Gasteiger partial charge in [0.2, 0.25) is 0 Å². The maximum Gasteiger partial charge on any atom is 0.335 e. The summed E-state index contributed by atoms with van der Waals surface area (Å²) in [5, 5.41) is 14.9. The quantitative estimate of drug-likeness (QED) is 0.359. The first-order valence-electron chi connectivity index (χ1n) is 12.7. The fourth-order valence-electron chi connectivity index (χ4n) is 5.56. The molecule has 1 saturated heterocycles. The predicted octanol–water partition coefficient (Wildman–Crippen LogP) is 6.96. The van der Waals surface area contributed by atoms with Gasteiger partial charge in [-0.05, 0) is 73.6 Å². The Morgan fingerprint density at radius 2 is 1.78 bits per heavy atom. The van der Waals surface area contributed by atoms with E-state index in [1.807, 2.05) is 55.1 Å². The second-order valence-corrected chi connectivity index (χ2v) is 10.4. The van der Waals surface area contributed by atoms with Gasteiger partial charge in [-0.2, -0.15) is 5.10 Å². The number of benzene rings is 2. The van der Waals surface area contributed by atoms with E-state index in [1.54, 1.807) is 12.1 Å². The molecule has 8 heteroatoms. The number of hydrogen-bond acceptors (Lipinski definition) is 4. The average molecular weight is 528 g/mol. The number of carboxylic acids is 1. The third-order valence-corrected chi connectivity index (χ3v) is 8.03. The summed E-state index contributed by atoms with van der Waals surface area (Å²) in [7, 11) is 0. The fraction of sp³-hybridized carbons (Fsp3) is 0.429. The van der Waals surface area contributed by atoms with Gasteiger partial charge < -0.3 is 14.7 Å². The van der Waals surface area contributed by atoms with Gasteiger partial charge >= 0.3 is 5.97 Å². The van der Waals surface area contributed by atoms with Crippen molar-refractivity contribution in [2.75, 3.05) is 11.4 Å². The molecule has 2 heterocycles. The molecule has 2 aromatic carbocycles. The Morgan fingerprint density at radius 1 is 1.08 bits per heavy atom. The first kappa shape index (κ1) is 25.1. The largest absolute Gasteiger partial charge is 0.478 e. The molecule has 2 saturated carbocycles. The minimum absolute atomic E-state index is 0.191. The van der Waals surface area contributed by atoms with Gasteiger partial charge in [-0.1, -0.05) is 43.1 Å². The highest BCUT2D eigenvalue weighted by molar-refractivity contribution is 6.37. The molecule has 3 fully saturated rings. The molecule has 36 heavy (non-hydrogen) atoms. The number of anilines is 1. The van der Waals surface area contributed by atoms with E-state index < -0.39 is 5.97 Å². The average Bonchev–Trinajstić information content (AvgIpc) is 3.34. The van der Waals surface area contributed by atoms with Crippen LogP contribution in [-0.4, -0.2) is 39.5 Å². The van der Waals surface area contributed by atoms with Crippen LogP contribution >= 0.6 is 23.2 Å². The number of hydrogen-bond donors (Lipinski definition) is 1. The topological polar surface area (TPSA) is 67.6 Å². The van der Waals surface area contributed by atoms with Gasteiger partial charge in [-0.25, -0.2) is 9.48 Å². The molecule has 1 N–H and O–H groups in total. The van der Waals surface area contributed by atoms with E-state index in [0.717, 1.165) is 30.8 Å². The number of para-hydroxylation sites is 1. The molecular weight excluding hydrogens is 497 g/mol. The molecule has 3 atom stereocenters. The van der Waals surface area contributed by atoms with Crippen LogP contribution in [0.25, 0.3) is 5.69 Å². The summed E-state index contributed by atoms with van der Waals surface area (Å²) in [6, 6.07) is 13.1. The molecule has 6 rings (SSSR count). The van der Waals surface area contributed by atoms with Crippen molar-refractivity contribution < 1.29 is 14.6 Å². The van der Waals surface area contributed by atoms with Crippen LogP contribution in [0.3, 0.4) is 0 Å². The van der Waals surface area contributed by atoms with Crippen molar-refractivity contribution in [1.29, 1.82) is 0 Å². The molecule has 0 amide bonds. The first-order valence-corrected chi connectivity index (χ1v) is 13.5. The van der Waals surface area contributed by atoms with E-state index in [-0.39, 0.29) is 6.10 Å². The highest BCUT2D eigenvalue weighted by atomic mass is 35.5. The Balaban J connectivity index is 0.00000130. The maximum absolute atomic E-state index is 11.1. The lowest BCUT2D eigenvalue weighted by molar-refractivity contribution is 0.00993. The number of piperidine rings is 1. The number of ether oxygens (including phenoxy) is 1. The molecule has 3 aromatic rings.